The first-order valence-corrected chi connectivity index (χ1v) is 8.41. The second kappa shape index (κ2) is 10.1. The minimum absolute atomic E-state index is 0.154. The van der Waals surface area contributed by atoms with Gasteiger partial charge in [0.2, 0.25) is 0 Å². The Balaban J connectivity index is 2.40. The number of ether oxygens (including phenoxy) is 3. The van der Waals surface area contributed by atoms with Crippen LogP contribution in [0.4, 0.5) is 0 Å². The van der Waals surface area contributed by atoms with Crippen molar-refractivity contribution < 1.29 is 23.8 Å². The molecule has 1 aliphatic heterocycles. The lowest BCUT2D eigenvalue weighted by molar-refractivity contribution is -0.148. The van der Waals surface area contributed by atoms with Crippen LogP contribution in [0.25, 0.3) is 0 Å². The van der Waals surface area contributed by atoms with Gasteiger partial charge in [0, 0.05) is 12.1 Å². The lowest BCUT2D eigenvalue weighted by atomic mass is 10.1. The van der Waals surface area contributed by atoms with Gasteiger partial charge in [-0.1, -0.05) is 15.9 Å². The molecule has 2 unspecified atom stereocenters. The number of halogens is 1. The van der Waals surface area contributed by atoms with Crippen LogP contribution in [0.1, 0.15) is 26.7 Å². The number of morpholine rings is 1. The summed E-state index contributed by atoms with van der Waals surface area (Å²) in [4.78, 5) is 24.8. The molecule has 0 aromatic carbocycles. The molecule has 0 N–H and O–H groups in total. The number of hydrogen-bond acceptors (Lipinski definition) is 6. The summed E-state index contributed by atoms with van der Waals surface area (Å²) in [6.07, 6.45) is 1.57. The van der Waals surface area contributed by atoms with Crippen molar-refractivity contribution in [2.75, 3.05) is 38.3 Å². The average molecular weight is 366 g/mol. The molecule has 0 amide bonds. The summed E-state index contributed by atoms with van der Waals surface area (Å²) in [7, 11) is 0. The first-order chi connectivity index (χ1) is 10.1. The van der Waals surface area contributed by atoms with Crippen LogP contribution in [0, 0.1) is 0 Å². The molecule has 1 saturated heterocycles. The summed E-state index contributed by atoms with van der Waals surface area (Å²) in [6.45, 7) is 6.12. The summed E-state index contributed by atoms with van der Waals surface area (Å²) >= 11 is 3.05. The van der Waals surface area contributed by atoms with Crippen molar-refractivity contribution in [3.8, 4) is 0 Å². The number of hydrogen-bond donors (Lipinski definition) is 0. The fraction of sp³-hybridized carbons (Fsp3) is 0.857. The highest BCUT2D eigenvalue weighted by Gasteiger charge is 2.30. The van der Waals surface area contributed by atoms with Crippen LogP contribution >= 0.6 is 15.9 Å². The highest BCUT2D eigenvalue weighted by atomic mass is 79.9. The first kappa shape index (κ1) is 18.4. The van der Waals surface area contributed by atoms with Crippen molar-refractivity contribution in [1.82, 2.24) is 4.90 Å². The van der Waals surface area contributed by atoms with Crippen molar-refractivity contribution in [1.29, 1.82) is 0 Å². The van der Waals surface area contributed by atoms with Gasteiger partial charge < -0.3 is 14.2 Å². The normalized spacial score (nSPS) is 22.8. The van der Waals surface area contributed by atoms with Gasteiger partial charge in [-0.3, -0.25) is 14.5 Å². The van der Waals surface area contributed by atoms with Gasteiger partial charge in [0.05, 0.1) is 33.0 Å². The topological polar surface area (TPSA) is 65.1 Å². The molecule has 1 rings (SSSR count). The molecule has 1 fully saturated rings. The van der Waals surface area contributed by atoms with Gasteiger partial charge in [-0.15, -0.1) is 0 Å². The Kier molecular flexibility index (Phi) is 8.87. The third-order valence-electron chi connectivity index (χ3n) is 3.38. The Bertz CT molecular complexity index is 339. The van der Waals surface area contributed by atoms with E-state index in [1.807, 2.05) is 6.92 Å². The van der Waals surface area contributed by atoms with Gasteiger partial charge in [-0.25, -0.2) is 0 Å². The summed E-state index contributed by atoms with van der Waals surface area (Å²) in [5.41, 5.74) is 0. The summed E-state index contributed by atoms with van der Waals surface area (Å²) in [5.74, 6) is -0.464. The van der Waals surface area contributed by atoms with Crippen LogP contribution < -0.4 is 0 Å². The van der Waals surface area contributed by atoms with E-state index in [1.165, 1.54) is 0 Å². The summed E-state index contributed by atoms with van der Waals surface area (Å²) in [6, 6.07) is 0.332. The molecule has 7 heteroatoms. The first-order valence-electron chi connectivity index (χ1n) is 7.29. The molecule has 122 valence electrons. The number of carbonyl (C=O) groups is 2. The van der Waals surface area contributed by atoms with E-state index in [0.717, 1.165) is 12.8 Å². The van der Waals surface area contributed by atoms with Gasteiger partial charge in [0.25, 0.3) is 0 Å². The van der Waals surface area contributed by atoms with Crippen molar-refractivity contribution in [3.63, 3.8) is 0 Å². The van der Waals surface area contributed by atoms with Crippen LogP contribution in [0.2, 0.25) is 0 Å². The molecule has 1 heterocycles. The third kappa shape index (κ3) is 6.76. The molecule has 21 heavy (non-hydrogen) atoms. The van der Waals surface area contributed by atoms with Gasteiger partial charge in [-0.05, 0) is 26.7 Å². The lowest BCUT2D eigenvalue weighted by Crippen LogP contribution is -2.53. The second-order valence-corrected chi connectivity index (χ2v) is 5.57. The van der Waals surface area contributed by atoms with Crippen molar-refractivity contribution in [2.24, 2.45) is 0 Å². The van der Waals surface area contributed by atoms with Gasteiger partial charge in [0.1, 0.15) is 5.33 Å². The lowest BCUT2D eigenvalue weighted by Gasteiger charge is -2.39. The maximum atomic E-state index is 11.7. The zero-order valence-electron chi connectivity index (χ0n) is 12.7. The molecule has 0 spiro atoms. The smallest absolute Gasteiger partial charge is 0.320 e. The summed E-state index contributed by atoms with van der Waals surface area (Å²) < 4.78 is 15.6. The maximum Gasteiger partial charge on any atom is 0.320 e. The number of nitrogens with zero attached hydrogens (tertiary/aromatic N) is 1. The minimum atomic E-state index is -0.258. The Morgan fingerprint density at radius 3 is 2.71 bits per heavy atom. The number of carbonyl (C=O) groups excluding carboxylic acids is 2. The predicted octanol–water partition coefficient (Wildman–Crippen LogP) is 1.36. The van der Waals surface area contributed by atoms with Crippen LogP contribution in [-0.4, -0.2) is 67.2 Å². The van der Waals surface area contributed by atoms with Crippen LogP contribution in [0.3, 0.4) is 0 Å². The number of esters is 2. The van der Waals surface area contributed by atoms with Gasteiger partial charge >= 0.3 is 11.9 Å². The molecule has 0 bridgehead atoms. The SMILES string of the molecule is CCOC(=O)CN1C(C)COCC1CCCOC(=O)CBr. The Morgan fingerprint density at radius 2 is 2.05 bits per heavy atom. The minimum Gasteiger partial charge on any atom is -0.465 e. The third-order valence-corrected chi connectivity index (χ3v) is 3.83. The van der Waals surface area contributed by atoms with E-state index in [4.69, 9.17) is 14.2 Å². The van der Waals surface area contributed by atoms with E-state index < -0.39 is 0 Å². The quantitative estimate of drug-likeness (QED) is 0.367. The summed E-state index contributed by atoms with van der Waals surface area (Å²) in [5, 5.41) is 0.214. The maximum absolute atomic E-state index is 11.7. The molecule has 0 saturated carbocycles. The van der Waals surface area contributed by atoms with Gasteiger partial charge in [-0.2, -0.15) is 0 Å². The van der Waals surface area contributed by atoms with Gasteiger partial charge in [0.15, 0.2) is 0 Å². The van der Waals surface area contributed by atoms with E-state index in [1.54, 1.807) is 6.92 Å². The molecule has 0 aromatic rings. The predicted molar refractivity (Wildman–Crippen MR) is 81.4 cm³/mol. The zero-order chi connectivity index (χ0) is 15.7. The molecule has 0 aromatic heterocycles. The van der Waals surface area contributed by atoms with E-state index in [2.05, 4.69) is 20.8 Å². The Morgan fingerprint density at radius 1 is 1.29 bits per heavy atom. The Hall–Kier alpha value is -0.660. The van der Waals surface area contributed by atoms with Crippen LogP contribution in [-0.2, 0) is 23.8 Å². The van der Waals surface area contributed by atoms with E-state index in [9.17, 15) is 9.59 Å². The van der Waals surface area contributed by atoms with E-state index in [0.29, 0.717) is 26.4 Å². The van der Waals surface area contributed by atoms with Crippen LogP contribution in [0.5, 0.6) is 0 Å². The molecule has 0 radical (unpaired) electrons. The molecule has 1 aliphatic rings. The molecular weight excluding hydrogens is 342 g/mol. The fourth-order valence-electron chi connectivity index (χ4n) is 2.36. The monoisotopic (exact) mass is 365 g/mol. The average Bonchev–Trinajstić information content (AvgIpc) is 2.46. The molecule has 0 aliphatic carbocycles. The fourth-order valence-corrected chi connectivity index (χ4v) is 2.52. The highest BCUT2D eigenvalue weighted by molar-refractivity contribution is 9.09. The van der Waals surface area contributed by atoms with Crippen molar-refractivity contribution in [3.05, 3.63) is 0 Å². The standard InChI is InChI=1S/C14H24BrNO5/c1-3-20-14(18)8-16-11(2)9-19-10-12(16)5-4-6-21-13(17)7-15/h11-12H,3-10H2,1-2H3. The second-order valence-electron chi connectivity index (χ2n) is 5.01. The van der Waals surface area contributed by atoms with E-state index >= 15 is 0 Å². The molecule has 2 atom stereocenters. The largest absolute Gasteiger partial charge is 0.465 e. The molecular formula is C14H24BrNO5. The highest BCUT2D eigenvalue weighted by Crippen LogP contribution is 2.17. The Labute approximate surface area is 134 Å². The van der Waals surface area contributed by atoms with Crippen molar-refractivity contribution >= 4 is 27.9 Å². The van der Waals surface area contributed by atoms with E-state index in [-0.39, 0.29) is 35.9 Å². The zero-order valence-corrected chi connectivity index (χ0v) is 14.3. The van der Waals surface area contributed by atoms with Crippen LogP contribution in [0.15, 0.2) is 0 Å². The number of alkyl halides is 1. The number of rotatable bonds is 8. The molecule has 6 nitrogen and oxygen atoms in total. The van der Waals surface area contributed by atoms with Crippen molar-refractivity contribution in [2.45, 2.75) is 38.8 Å².